The lowest BCUT2D eigenvalue weighted by molar-refractivity contribution is -0.132. The van der Waals surface area contributed by atoms with Crippen LogP contribution in [0.2, 0.25) is 0 Å². The first-order valence-electron chi connectivity index (χ1n) is 3.62. The number of fused-ring (bicyclic) bond motifs is 1. The molecule has 0 bridgehead atoms. The van der Waals surface area contributed by atoms with Gasteiger partial charge in [0.25, 0.3) is 0 Å². The summed E-state index contributed by atoms with van der Waals surface area (Å²) in [4.78, 5) is 10.7. The van der Waals surface area contributed by atoms with E-state index in [2.05, 4.69) is 5.43 Å². The van der Waals surface area contributed by atoms with Crippen molar-refractivity contribution in [3.63, 3.8) is 0 Å². The molecule has 0 saturated heterocycles. The van der Waals surface area contributed by atoms with E-state index >= 15 is 0 Å². The van der Waals surface area contributed by atoms with Crippen molar-refractivity contribution >= 4 is 5.97 Å². The molecule has 2 heterocycles. The maximum Gasteiger partial charge on any atom is 0.335 e. The maximum atomic E-state index is 10.7. The van der Waals surface area contributed by atoms with Gasteiger partial charge in [-0.3, -0.25) is 5.01 Å². The predicted octanol–water partition coefficient (Wildman–Crippen LogP) is 0.227. The molecule has 1 unspecified atom stereocenters. The Morgan fingerprint density at radius 2 is 2.42 bits per heavy atom. The zero-order valence-electron chi connectivity index (χ0n) is 6.27. The van der Waals surface area contributed by atoms with Crippen molar-refractivity contribution in [3.05, 3.63) is 36.2 Å². The number of aliphatic carboxylic acids is 1. The molecule has 0 aliphatic carbocycles. The number of nitrogens with one attached hydrogen (secondary N) is 1. The van der Waals surface area contributed by atoms with E-state index in [9.17, 15) is 4.79 Å². The van der Waals surface area contributed by atoms with Crippen molar-refractivity contribution in [3.8, 4) is 0 Å². The summed E-state index contributed by atoms with van der Waals surface area (Å²) in [5.74, 6) is -0.880. The average molecular weight is 164 g/mol. The van der Waals surface area contributed by atoms with E-state index in [1.54, 1.807) is 11.2 Å². The van der Waals surface area contributed by atoms with Crippen LogP contribution >= 0.6 is 0 Å². The second-order valence-electron chi connectivity index (χ2n) is 2.61. The van der Waals surface area contributed by atoms with Gasteiger partial charge < -0.3 is 10.5 Å². The Bertz CT molecular complexity index is 304. The van der Waals surface area contributed by atoms with Gasteiger partial charge in [0.05, 0.1) is 5.57 Å². The van der Waals surface area contributed by atoms with Gasteiger partial charge in [-0.2, -0.15) is 0 Å². The first-order valence-corrected chi connectivity index (χ1v) is 3.62. The molecule has 0 spiro atoms. The topological polar surface area (TPSA) is 52.6 Å². The molecule has 2 aliphatic heterocycles. The fraction of sp³-hybridized carbons (Fsp3) is 0.125. The highest BCUT2D eigenvalue weighted by Crippen LogP contribution is 2.19. The summed E-state index contributed by atoms with van der Waals surface area (Å²) in [6, 6.07) is -0.160. The second kappa shape index (κ2) is 2.41. The van der Waals surface area contributed by atoms with Crippen molar-refractivity contribution in [2.75, 3.05) is 0 Å². The van der Waals surface area contributed by atoms with Crippen LogP contribution in [-0.2, 0) is 4.79 Å². The standard InChI is InChI=1S/C8H8N2O2/c11-8(12)6-5-9-10-4-2-1-3-7(6)10/h1-5,7,9H,(H,11,12). The second-order valence-corrected chi connectivity index (χ2v) is 2.61. The van der Waals surface area contributed by atoms with Crippen LogP contribution < -0.4 is 5.43 Å². The van der Waals surface area contributed by atoms with E-state index in [1.807, 2.05) is 18.2 Å². The smallest absolute Gasteiger partial charge is 0.335 e. The largest absolute Gasteiger partial charge is 0.478 e. The monoisotopic (exact) mass is 164 g/mol. The lowest BCUT2D eigenvalue weighted by atomic mass is 10.1. The molecule has 0 aromatic carbocycles. The molecule has 0 aromatic rings. The SMILES string of the molecule is O=C(O)C1=CNN2C=CC=CC12. The summed E-state index contributed by atoms with van der Waals surface area (Å²) >= 11 is 0. The third-order valence-corrected chi connectivity index (χ3v) is 1.89. The Balaban J connectivity index is 2.26. The van der Waals surface area contributed by atoms with Crippen LogP contribution in [0.3, 0.4) is 0 Å². The van der Waals surface area contributed by atoms with Gasteiger partial charge in [0.15, 0.2) is 0 Å². The number of nitrogens with zero attached hydrogens (tertiary/aromatic N) is 1. The predicted molar refractivity (Wildman–Crippen MR) is 42.8 cm³/mol. The lowest BCUT2D eigenvalue weighted by Crippen LogP contribution is -2.34. The molecule has 0 radical (unpaired) electrons. The van der Waals surface area contributed by atoms with Gasteiger partial charge in [-0.25, -0.2) is 4.79 Å². The van der Waals surface area contributed by atoms with Crippen molar-refractivity contribution < 1.29 is 9.90 Å². The molecule has 0 fully saturated rings. The highest BCUT2D eigenvalue weighted by Gasteiger charge is 2.28. The minimum atomic E-state index is -0.880. The number of carboxylic acid groups (broad SMARTS) is 1. The third kappa shape index (κ3) is 0.887. The fourth-order valence-corrected chi connectivity index (χ4v) is 1.29. The normalized spacial score (nSPS) is 24.8. The average Bonchev–Trinajstić information content (AvgIpc) is 2.47. The molecule has 2 N–H and O–H groups in total. The van der Waals surface area contributed by atoms with Crippen LogP contribution in [0.25, 0.3) is 0 Å². The maximum absolute atomic E-state index is 10.7. The fourth-order valence-electron chi connectivity index (χ4n) is 1.29. The van der Waals surface area contributed by atoms with E-state index in [-0.39, 0.29) is 6.04 Å². The van der Waals surface area contributed by atoms with Crippen molar-refractivity contribution in [1.82, 2.24) is 10.4 Å². The molecule has 62 valence electrons. The van der Waals surface area contributed by atoms with Crippen LogP contribution in [0.5, 0.6) is 0 Å². The van der Waals surface area contributed by atoms with Crippen LogP contribution in [0.4, 0.5) is 0 Å². The first kappa shape index (κ1) is 6.97. The molecular formula is C8H8N2O2. The highest BCUT2D eigenvalue weighted by atomic mass is 16.4. The Hall–Kier alpha value is -1.71. The molecule has 0 saturated carbocycles. The number of allylic oxidation sites excluding steroid dienone is 2. The van der Waals surface area contributed by atoms with Gasteiger partial charge in [-0.15, -0.1) is 0 Å². The molecule has 4 heteroatoms. The van der Waals surface area contributed by atoms with Crippen LogP contribution in [0, 0.1) is 0 Å². The molecule has 2 aliphatic rings. The van der Waals surface area contributed by atoms with Crippen LogP contribution in [0.15, 0.2) is 36.2 Å². The summed E-state index contributed by atoms with van der Waals surface area (Å²) in [6.07, 6.45) is 8.83. The number of hydrogen-bond donors (Lipinski definition) is 2. The third-order valence-electron chi connectivity index (χ3n) is 1.89. The van der Waals surface area contributed by atoms with E-state index in [1.165, 1.54) is 6.20 Å². The van der Waals surface area contributed by atoms with Crippen LogP contribution in [-0.4, -0.2) is 22.1 Å². The molecule has 0 aromatic heterocycles. The Labute approximate surface area is 69.4 Å². The minimum Gasteiger partial charge on any atom is -0.478 e. The van der Waals surface area contributed by atoms with Crippen molar-refractivity contribution in [2.24, 2.45) is 0 Å². The molecule has 12 heavy (non-hydrogen) atoms. The summed E-state index contributed by atoms with van der Waals surface area (Å²) in [7, 11) is 0. The summed E-state index contributed by atoms with van der Waals surface area (Å²) in [5, 5.41) is 10.5. The summed E-state index contributed by atoms with van der Waals surface area (Å²) < 4.78 is 0. The van der Waals surface area contributed by atoms with Crippen molar-refractivity contribution in [2.45, 2.75) is 6.04 Å². The van der Waals surface area contributed by atoms with E-state index in [4.69, 9.17) is 5.11 Å². The molecule has 1 atom stereocenters. The minimum absolute atomic E-state index is 0.160. The van der Waals surface area contributed by atoms with Crippen molar-refractivity contribution in [1.29, 1.82) is 0 Å². The van der Waals surface area contributed by atoms with Gasteiger partial charge >= 0.3 is 5.97 Å². The van der Waals surface area contributed by atoms with Gasteiger partial charge in [-0.1, -0.05) is 12.2 Å². The number of hydrazine groups is 1. The lowest BCUT2D eigenvalue weighted by Gasteiger charge is -2.22. The van der Waals surface area contributed by atoms with E-state index in [0.29, 0.717) is 5.57 Å². The van der Waals surface area contributed by atoms with Gasteiger partial charge in [0.1, 0.15) is 6.04 Å². The van der Waals surface area contributed by atoms with E-state index in [0.717, 1.165) is 0 Å². The first-order chi connectivity index (χ1) is 5.79. The summed E-state index contributed by atoms with van der Waals surface area (Å²) in [5.41, 5.74) is 3.21. The van der Waals surface area contributed by atoms with E-state index < -0.39 is 5.97 Å². The Kier molecular flexibility index (Phi) is 1.40. The molecular weight excluding hydrogens is 156 g/mol. The van der Waals surface area contributed by atoms with Crippen LogP contribution in [0.1, 0.15) is 0 Å². The number of carboxylic acids is 1. The highest BCUT2D eigenvalue weighted by molar-refractivity contribution is 5.89. The van der Waals surface area contributed by atoms with Gasteiger partial charge in [0.2, 0.25) is 0 Å². The zero-order valence-corrected chi connectivity index (χ0v) is 6.27. The Morgan fingerprint density at radius 3 is 3.17 bits per heavy atom. The summed E-state index contributed by atoms with van der Waals surface area (Å²) in [6.45, 7) is 0. The Morgan fingerprint density at radius 1 is 1.58 bits per heavy atom. The molecule has 2 rings (SSSR count). The zero-order chi connectivity index (χ0) is 8.55. The van der Waals surface area contributed by atoms with Gasteiger partial charge in [0, 0.05) is 12.4 Å². The quantitative estimate of drug-likeness (QED) is 0.582. The number of rotatable bonds is 1. The molecule has 4 nitrogen and oxygen atoms in total. The number of carbonyl (C=O) groups is 1. The van der Waals surface area contributed by atoms with Gasteiger partial charge in [-0.05, 0) is 6.08 Å². The number of hydrogen-bond acceptors (Lipinski definition) is 3. The molecule has 0 amide bonds.